The van der Waals surface area contributed by atoms with E-state index >= 15 is 0 Å². The number of fused-ring (bicyclic) bond motifs is 1. The minimum atomic E-state index is -0.428. The van der Waals surface area contributed by atoms with E-state index in [1.54, 1.807) is 29.0 Å². The van der Waals surface area contributed by atoms with Crippen LogP contribution in [0.1, 0.15) is 41.6 Å². The second-order valence-electron chi connectivity index (χ2n) is 6.44. The predicted octanol–water partition coefficient (Wildman–Crippen LogP) is 2.40. The van der Waals surface area contributed by atoms with Gasteiger partial charge in [0.25, 0.3) is 11.5 Å². The number of amides is 1. The summed E-state index contributed by atoms with van der Waals surface area (Å²) >= 11 is 6.09. The molecule has 3 aromatic rings. The number of aromatic nitrogens is 5. The van der Waals surface area contributed by atoms with Crippen molar-refractivity contribution in [3.8, 4) is 11.4 Å². The van der Waals surface area contributed by atoms with Gasteiger partial charge in [0, 0.05) is 25.0 Å². The van der Waals surface area contributed by atoms with Gasteiger partial charge in [-0.25, -0.2) is 19.9 Å². The van der Waals surface area contributed by atoms with Crippen LogP contribution in [0.5, 0.6) is 0 Å². The van der Waals surface area contributed by atoms with Crippen molar-refractivity contribution in [3.05, 3.63) is 69.9 Å². The number of rotatable bonds is 3. The van der Waals surface area contributed by atoms with Crippen molar-refractivity contribution < 1.29 is 4.79 Å². The Labute approximate surface area is 165 Å². The fourth-order valence-corrected chi connectivity index (χ4v) is 3.46. The molecular weight excluding hydrogens is 380 g/mol. The smallest absolute Gasteiger partial charge is 0.272 e. The van der Waals surface area contributed by atoms with Crippen LogP contribution in [0.2, 0.25) is 5.02 Å². The van der Waals surface area contributed by atoms with E-state index in [1.165, 1.54) is 18.6 Å². The summed E-state index contributed by atoms with van der Waals surface area (Å²) in [5, 5.41) is 3.21. The fraction of sp³-hybridized carbons (Fsp3) is 0.263. The molecule has 9 heteroatoms. The number of nitrogens with zero attached hydrogens (tertiary/aromatic N) is 5. The standard InChI is InChI=1S/C19H17ClN6O2/c20-12-4-3-7-22-17(12)19(28)25-14-5-1-2-9-26-16(27)10-15(24-18(14)26)13-6-8-21-11-23-13/h3-4,6-8,10-11,14H,1-2,5,9H2,(H,25,28). The summed E-state index contributed by atoms with van der Waals surface area (Å²) in [6.45, 7) is 0.557. The number of nitrogens with one attached hydrogen (secondary N) is 1. The van der Waals surface area contributed by atoms with Crippen LogP contribution in [0.4, 0.5) is 0 Å². The Morgan fingerprint density at radius 3 is 2.86 bits per heavy atom. The molecule has 0 bridgehead atoms. The summed E-state index contributed by atoms with van der Waals surface area (Å²) in [5.74, 6) is 0.116. The van der Waals surface area contributed by atoms with Crippen LogP contribution >= 0.6 is 11.6 Å². The molecule has 0 spiro atoms. The highest BCUT2D eigenvalue weighted by Crippen LogP contribution is 2.24. The summed E-state index contributed by atoms with van der Waals surface area (Å²) in [6, 6.07) is 6.00. The van der Waals surface area contributed by atoms with Crippen LogP contribution in [0.3, 0.4) is 0 Å². The third kappa shape index (κ3) is 3.63. The van der Waals surface area contributed by atoms with Crippen molar-refractivity contribution in [3.63, 3.8) is 0 Å². The van der Waals surface area contributed by atoms with E-state index in [4.69, 9.17) is 11.6 Å². The molecule has 1 atom stereocenters. The van der Waals surface area contributed by atoms with Gasteiger partial charge < -0.3 is 5.32 Å². The van der Waals surface area contributed by atoms with Crippen LogP contribution in [-0.2, 0) is 6.54 Å². The number of halogens is 1. The van der Waals surface area contributed by atoms with Gasteiger partial charge >= 0.3 is 0 Å². The molecule has 1 amide bonds. The van der Waals surface area contributed by atoms with Crippen molar-refractivity contribution >= 4 is 17.5 Å². The maximum atomic E-state index is 12.7. The van der Waals surface area contributed by atoms with Gasteiger partial charge in [-0.1, -0.05) is 11.6 Å². The molecule has 0 saturated carbocycles. The predicted molar refractivity (Wildman–Crippen MR) is 103 cm³/mol. The number of pyridine rings is 1. The summed E-state index contributed by atoms with van der Waals surface area (Å²) < 4.78 is 1.61. The maximum Gasteiger partial charge on any atom is 0.272 e. The largest absolute Gasteiger partial charge is 0.341 e. The summed E-state index contributed by atoms with van der Waals surface area (Å²) in [5.41, 5.74) is 0.984. The number of hydrogen-bond donors (Lipinski definition) is 1. The quantitative estimate of drug-likeness (QED) is 0.729. The van der Waals surface area contributed by atoms with Gasteiger partial charge in [0.05, 0.1) is 22.5 Å². The molecule has 8 nitrogen and oxygen atoms in total. The lowest BCUT2D eigenvalue weighted by Crippen LogP contribution is -2.34. The Kier molecular flexibility index (Phi) is 5.12. The number of carbonyl (C=O) groups excluding carboxylic acids is 1. The SMILES string of the molecule is O=C(NC1CCCCn2c1nc(-c1ccncn1)cc2=O)c1ncccc1Cl. The molecule has 3 aromatic heterocycles. The average molecular weight is 397 g/mol. The second-order valence-corrected chi connectivity index (χ2v) is 6.85. The summed E-state index contributed by atoms with van der Waals surface area (Å²) in [6.07, 6.45) is 6.86. The fourth-order valence-electron chi connectivity index (χ4n) is 3.25. The van der Waals surface area contributed by atoms with Crippen LogP contribution in [-0.4, -0.2) is 30.4 Å². The van der Waals surface area contributed by atoms with Crippen molar-refractivity contribution in [2.24, 2.45) is 0 Å². The van der Waals surface area contributed by atoms with Gasteiger partial charge in [-0.05, 0) is 37.5 Å². The van der Waals surface area contributed by atoms with Gasteiger partial charge in [0.1, 0.15) is 17.8 Å². The normalized spacial score (nSPS) is 16.1. The minimum absolute atomic E-state index is 0.147. The van der Waals surface area contributed by atoms with Crippen LogP contribution in [0.15, 0.2) is 47.8 Å². The molecule has 1 N–H and O–H groups in total. The Morgan fingerprint density at radius 1 is 1.18 bits per heavy atom. The minimum Gasteiger partial charge on any atom is -0.341 e. The molecule has 0 radical (unpaired) electrons. The van der Waals surface area contributed by atoms with Crippen molar-refractivity contribution in [2.75, 3.05) is 0 Å². The Morgan fingerprint density at radius 2 is 2.07 bits per heavy atom. The molecule has 4 rings (SSSR count). The maximum absolute atomic E-state index is 12.7. The highest BCUT2D eigenvalue weighted by atomic mass is 35.5. The van der Waals surface area contributed by atoms with E-state index in [2.05, 4.69) is 25.3 Å². The Hall–Kier alpha value is -3.13. The molecule has 1 aliphatic heterocycles. The van der Waals surface area contributed by atoms with E-state index in [9.17, 15) is 9.59 Å². The number of hydrogen-bond acceptors (Lipinski definition) is 6. The third-order valence-electron chi connectivity index (χ3n) is 4.60. The van der Waals surface area contributed by atoms with Crippen molar-refractivity contribution in [1.82, 2.24) is 29.8 Å². The molecule has 0 aromatic carbocycles. The average Bonchev–Trinajstić information content (AvgIpc) is 2.92. The zero-order valence-electron chi connectivity index (χ0n) is 14.9. The third-order valence-corrected chi connectivity index (χ3v) is 4.90. The molecule has 1 unspecified atom stereocenters. The van der Waals surface area contributed by atoms with Crippen LogP contribution in [0, 0.1) is 0 Å². The Balaban J connectivity index is 1.73. The van der Waals surface area contributed by atoms with Crippen LogP contribution < -0.4 is 10.9 Å². The highest BCUT2D eigenvalue weighted by Gasteiger charge is 2.25. The van der Waals surface area contributed by atoms with E-state index in [0.717, 1.165) is 12.8 Å². The molecule has 4 heterocycles. The second kappa shape index (κ2) is 7.85. The monoisotopic (exact) mass is 396 g/mol. The van der Waals surface area contributed by atoms with E-state index in [0.29, 0.717) is 30.2 Å². The Bertz CT molecular complexity index is 1070. The lowest BCUT2D eigenvalue weighted by molar-refractivity contribution is 0.0927. The van der Waals surface area contributed by atoms with E-state index in [-0.39, 0.29) is 16.3 Å². The lowest BCUT2D eigenvalue weighted by Gasteiger charge is -2.19. The zero-order valence-corrected chi connectivity index (χ0v) is 15.6. The lowest BCUT2D eigenvalue weighted by atomic mass is 10.1. The topological polar surface area (TPSA) is 103 Å². The first kappa shape index (κ1) is 18.2. The van der Waals surface area contributed by atoms with E-state index in [1.807, 2.05) is 0 Å². The van der Waals surface area contributed by atoms with Crippen molar-refractivity contribution in [1.29, 1.82) is 0 Å². The van der Waals surface area contributed by atoms with Gasteiger partial charge in [-0.3, -0.25) is 14.2 Å². The summed E-state index contributed by atoms with van der Waals surface area (Å²) in [4.78, 5) is 42.2. The van der Waals surface area contributed by atoms with Gasteiger partial charge in [-0.2, -0.15) is 0 Å². The molecule has 1 aliphatic rings. The van der Waals surface area contributed by atoms with Crippen LogP contribution in [0.25, 0.3) is 11.4 Å². The molecule has 0 fully saturated rings. The van der Waals surface area contributed by atoms with Gasteiger partial charge in [-0.15, -0.1) is 0 Å². The zero-order chi connectivity index (χ0) is 19.5. The first-order chi connectivity index (χ1) is 13.6. The summed E-state index contributed by atoms with van der Waals surface area (Å²) in [7, 11) is 0. The molecule has 0 saturated heterocycles. The molecule has 0 aliphatic carbocycles. The van der Waals surface area contributed by atoms with Crippen molar-refractivity contribution in [2.45, 2.75) is 31.8 Å². The molecular formula is C19H17ClN6O2. The molecule has 28 heavy (non-hydrogen) atoms. The first-order valence-electron chi connectivity index (χ1n) is 8.93. The van der Waals surface area contributed by atoms with Gasteiger partial charge in [0.15, 0.2) is 0 Å². The van der Waals surface area contributed by atoms with Gasteiger partial charge in [0.2, 0.25) is 0 Å². The molecule has 142 valence electrons. The first-order valence-corrected chi connectivity index (χ1v) is 9.31. The van der Waals surface area contributed by atoms with E-state index < -0.39 is 11.9 Å². The highest BCUT2D eigenvalue weighted by molar-refractivity contribution is 6.33. The number of carbonyl (C=O) groups is 1.